The summed E-state index contributed by atoms with van der Waals surface area (Å²) in [6, 6.07) is 0. The standard InChI is InChI=1S/C11H20N2O/c1-8-4-3-5-9(8)10(14)13-6-11(2,12)7-13/h8-9H,3-7,12H2,1-2H3. The molecule has 2 fully saturated rings. The summed E-state index contributed by atoms with van der Waals surface area (Å²) < 4.78 is 0. The Balaban J connectivity index is 1.90. The third-order valence-electron chi connectivity index (χ3n) is 3.59. The van der Waals surface area contributed by atoms with Crippen molar-refractivity contribution in [2.75, 3.05) is 13.1 Å². The summed E-state index contributed by atoms with van der Waals surface area (Å²) in [6.45, 7) is 5.69. The van der Waals surface area contributed by atoms with Crippen molar-refractivity contribution in [3.63, 3.8) is 0 Å². The van der Waals surface area contributed by atoms with Crippen molar-refractivity contribution in [1.82, 2.24) is 4.90 Å². The Morgan fingerprint density at radius 2 is 2.07 bits per heavy atom. The zero-order valence-corrected chi connectivity index (χ0v) is 9.12. The van der Waals surface area contributed by atoms with Crippen LogP contribution in [-0.4, -0.2) is 29.4 Å². The van der Waals surface area contributed by atoms with Gasteiger partial charge in [0.15, 0.2) is 0 Å². The molecule has 0 aromatic rings. The smallest absolute Gasteiger partial charge is 0.226 e. The third kappa shape index (κ3) is 1.65. The van der Waals surface area contributed by atoms with Crippen molar-refractivity contribution in [3.05, 3.63) is 0 Å². The Labute approximate surface area is 85.6 Å². The number of rotatable bonds is 1. The molecule has 80 valence electrons. The molecule has 2 unspecified atom stereocenters. The minimum Gasteiger partial charge on any atom is -0.339 e. The number of nitrogens with two attached hydrogens (primary N) is 1. The Bertz CT molecular complexity index is 242. The summed E-state index contributed by atoms with van der Waals surface area (Å²) in [5.41, 5.74) is 5.76. The highest BCUT2D eigenvalue weighted by atomic mass is 16.2. The lowest BCUT2D eigenvalue weighted by atomic mass is 9.89. The minimum absolute atomic E-state index is 0.127. The van der Waals surface area contributed by atoms with E-state index < -0.39 is 0 Å². The molecule has 2 rings (SSSR count). The molecule has 1 aliphatic carbocycles. The van der Waals surface area contributed by atoms with Crippen LogP contribution in [0.2, 0.25) is 0 Å². The fourth-order valence-electron chi connectivity index (χ4n) is 2.73. The molecule has 0 aromatic heterocycles. The number of nitrogens with zero attached hydrogens (tertiary/aromatic N) is 1. The Morgan fingerprint density at radius 1 is 1.43 bits per heavy atom. The van der Waals surface area contributed by atoms with Crippen molar-refractivity contribution in [2.45, 2.75) is 38.6 Å². The second-order valence-electron chi connectivity index (χ2n) is 5.36. The molecule has 2 N–H and O–H groups in total. The molecular weight excluding hydrogens is 176 g/mol. The first kappa shape index (κ1) is 9.97. The topological polar surface area (TPSA) is 46.3 Å². The molecule has 0 spiro atoms. The number of likely N-dealkylation sites (tertiary alicyclic amines) is 1. The van der Waals surface area contributed by atoms with Crippen molar-refractivity contribution in [1.29, 1.82) is 0 Å². The summed E-state index contributed by atoms with van der Waals surface area (Å²) in [5.74, 6) is 1.20. The lowest BCUT2D eigenvalue weighted by molar-refractivity contribution is -0.143. The maximum atomic E-state index is 12.0. The summed E-state index contributed by atoms with van der Waals surface area (Å²) in [5, 5.41) is 0. The number of amides is 1. The summed E-state index contributed by atoms with van der Waals surface area (Å²) in [7, 11) is 0. The van der Waals surface area contributed by atoms with Gasteiger partial charge < -0.3 is 10.6 Å². The molecule has 1 heterocycles. The van der Waals surface area contributed by atoms with Gasteiger partial charge in [-0.2, -0.15) is 0 Å². The predicted molar refractivity (Wildman–Crippen MR) is 55.7 cm³/mol. The van der Waals surface area contributed by atoms with Crippen molar-refractivity contribution in [2.24, 2.45) is 17.6 Å². The van der Waals surface area contributed by atoms with Crippen molar-refractivity contribution >= 4 is 5.91 Å². The maximum Gasteiger partial charge on any atom is 0.226 e. The molecule has 1 amide bonds. The first-order valence-corrected chi connectivity index (χ1v) is 5.57. The van der Waals surface area contributed by atoms with E-state index in [0.717, 1.165) is 19.5 Å². The van der Waals surface area contributed by atoms with Gasteiger partial charge in [-0.3, -0.25) is 4.79 Å². The molecule has 1 saturated heterocycles. The molecular formula is C11H20N2O. The van der Waals surface area contributed by atoms with E-state index in [1.807, 2.05) is 11.8 Å². The van der Waals surface area contributed by atoms with Crippen LogP contribution in [-0.2, 0) is 4.79 Å². The van der Waals surface area contributed by atoms with Gasteiger partial charge in [0, 0.05) is 24.5 Å². The lowest BCUT2D eigenvalue weighted by Gasteiger charge is -2.46. The highest BCUT2D eigenvalue weighted by molar-refractivity contribution is 5.80. The molecule has 3 nitrogen and oxygen atoms in total. The van der Waals surface area contributed by atoms with Crippen LogP contribution in [0.3, 0.4) is 0 Å². The highest BCUT2D eigenvalue weighted by Gasteiger charge is 2.42. The van der Waals surface area contributed by atoms with E-state index in [4.69, 9.17) is 5.73 Å². The highest BCUT2D eigenvalue weighted by Crippen LogP contribution is 2.34. The van der Waals surface area contributed by atoms with E-state index in [-0.39, 0.29) is 11.5 Å². The zero-order valence-electron chi connectivity index (χ0n) is 9.12. The van der Waals surface area contributed by atoms with Crippen LogP contribution in [0.1, 0.15) is 33.1 Å². The van der Waals surface area contributed by atoms with Gasteiger partial charge in [0.25, 0.3) is 0 Å². The second-order valence-corrected chi connectivity index (χ2v) is 5.36. The van der Waals surface area contributed by atoms with Gasteiger partial charge >= 0.3 is 0 Å². The Kier molecular flexibility index (Phi) is 2.30. The van der Waals surface area contributed by atoms with Crippen LogP contribution in [0.5, 0.6) is 0 Å². The number of hydrogen-bond acceptors (Lipinski definition) is 2. The van der Waals surface area contributed by atoms with Gasteiger partial charge in [0.1, 0.15) is 0 Å². The molecule has 3 heteroatoms. The molecule has 1 aliphatic heterocycles. The zero-order chi connectivity index (χ0) is 10.3. The largest absolute Gasteiger partial charge is 0.339 e. The van der Waals surface area contributed by atoms with Crippen molar-refractivity contribution in [3.8, 4) is 0 Å². The van der Waals surface area contributed by atoms with E-state index >= 15 is 0 Å². The fraction of sp³-hybridized carbons (Fsp3) is 0.909. The van der Waals surface area contributed by atoms with E-state index in [1.165, 1.54) is 12.8 Å². The lowest BCUT2D eigenvalue weighted by Crippen LogP contribution is -2.67. The average molecular weight is 196 g/mol. The molecule has 0 bridgehead atoms. The van der Waals surface area contributed by atoms with E-state index in [1.54, 1.807) is 0 Å². The minimum atomic E-state index is -0.127. The van der Waals surface area contributed by atoms with Gasteiger partial charge in [-0.15, -0.1) is 0 Å². The van der Waals surface area contributed by atoms with Crippen LogP contribution < -0.4 is 5.73 Å². The second kappa shape index (κ2) is 3.23. The Hall–Kier alpha value is -0.570. The van der Waals surface area contributed by atoms with Gasteiger partial charge in [-0.25, -0.2) is 0 Å². The molecule has 1 saturated carbocycles. The quantitative estimate of drug-likeness (QED) is 0.679. The van der Waals surface area contributed by atoms with Crippen LogP contribution >= 0.6 is 0 Å². The third-order valence-corrected chi connectivity index (χ3v) is 3.59. The number of carbonyl (C=O) groups excluding carboxylic acids is 1. The maximum absolute atomic E-state index is 12.0. The summed E-state index contributed by atoms with van der Waals surface area (Å²) in [6.07, 6.45) is 3.51. The van der Waals surface area contributed by atoms with Gasteiger partial charge in [0.2, 0.25) is 5.91 Å². The van der Waals surface area contributed by atoms with Gasteiger partial charge in [0.05, 0.1) is 0 Å². The summed E-state index contributed by atoms with van der Waals surface area (Å²) >= 11 is 0. The predicted octanol–water partition coefficient (Wildman–Crippen LogP) is 0.982. The molecule has 0 aromatic carbocycles. The van der Waals surface area contributed by atoms with Crippen LogP contribution in [0.4, 0.5) is 0 Å². The number of carbonyl (C=O) groups is 1. The average Bonchev–Trinajstić information content (AvgIpc) is 2.45. The normalized spacial score (nSPS) is 35.5. The van der Waals surface area contributed by atoms with Crippen LogP contribution in [0.25, 0.3) is 0 Å². The molecule has 2 atom stereocenters. The van der Waals surface area contributed by atoms with Crippen LogP contribution in [0.15, 0.2) is 0 Å². The Morgan fingerprint density at radius 3 is 2.50 bits per heavy atom. The van der Waals surface area contributed by atoms with E-state index in [9.17, 15) is 4.79 Å². The first-order chi connectivity index (χ1) is 6.49. The van der Waals surface area contributed by atoms with E-state index in [0.29, 0.717) is 11.8 Å². The van der Waals surface area contributed by atoms with Crippen LogP contribution in [0, 0.1) is 11.8 Å². The van der Waals surface area contributed by atoms with E-state index in [2.05, 4.69) is 6.92 Å². The summed E-state index contributed by atoms with van der Waals surface area (Å²) in [4.78, 5) is 13.9. The van der Waals surface area contributed by atoms with Crippen molar-refractivity contribution < 1.29 is 4.79 Å². The van der Waals surface area contributed by atoms with Gasteiger partial charge in [-0.1, -0.05) is 13.3 Å². The molecule has 0 radical (unpaired) electrons. The molecule has 14 heavy (non-hydrogen) atoms. The number of hydrogen-bond donors (Lipinski definition) is 1. The monoisotopic (exact) mass is 196 g/mol. The SMILES string of the molecule is CC1CCCC1C(=O)N1CC(C)(N)C1. The first-order valence-electron chi connectivity index (χ1n) is 5.57. The fourth-order valence-corrected chi connectivity index (χ4v) is 2.73. The van der Waals surface area contributed by atoms with Gasteiger partial charge in [-0.05, 0) is 25.7 Å². The molecule has 2 aliphatic rings.